The number of fused-ring (bicyclic) bond motifs is 1. The van der Waals surface area contributed by atoms with Gasteiger partial charge in [-0.05, 0) is 26.1 Å². The van der Waals surface area contributed by atoms with Gasteiger partial charge < -0.3 is 15.5 Å². The number of amides is 1. The fraction of sp³-hybridized carbons (Fsp3) is 0.333. The molecule has 2 N–H and O–H groups in total. The molecule has 0 fully saturated rings. The van der Waals surface area contributed by atoms with Crippen molar-refractivity contribution in [3.05, 3.63) is 39.8 Å². The predicted molar refractivity (Wildman–Crippen MR) is 85.8 cm³/mol. The lowest BCUT2D eigenvalue weighted by Gasteiger charge is -2.19. The van der Waals surface area contributed by atoms with Crippen LogP contribution >= 0.6 is 11.3 Å². The third-order valence-electron chi connectivity index (χ3n) is 3.82. The van der Waals surface area contributed by atoms with Crippen molar-refractivity contribution in [3.8, 4) is 0 Å². The lowest BCUT2D eigenvalue weighted by atomic mass is 10.1. The SMILES string of the molecule is CNC1C(=O)Nc2cc(N(C)Cc3scnc3C)ccc21. The number of likely N-dealkylation sites (N-methyl/N-ethyl adjacent to an activating group) is 1. The Labute approximate surface area is 128 Å². The first-order chi connectivity index (χ1) is 10.1. The zero-order valence-corrected chi connectivity index (χ0v) is 13.1. The maximum absolute atomic E-state index is 11.9. The van der Waals surface area contributed by atoms with Crippen LogP contribution in [0.25, 0.3) is 0 Å². The highest BCUT2D eigenvalue weighted by atomic mass is 32.1. The molecule has 1 aromatic heterocycles. The van der Waals surface area contributed by atoms with Gasteiger partial charge in [-0.15, -0.1) is 11.3 Å². The van der Waals surface area contributed by atoms with E-state index in [0.717, 1.165) is 29.2 Å². The maximum atomic E-state index is 11.9. The zero-order valence-electron chi connectivity index (χ0n) is 12.3. The summed E-state index contributed by atoms with van der Waals surface area (Å²) >= 11 is 1.67. The second kappa shape index (κ2) is 5.46. The van der Waals surface area contributed by atoms with E-state index >= 15 is 0 Å². The smallest absolute Gasteiger partial charge is 0.246 e. The lowest BCUT2D eigenvalue weighted by Crippen LogP contribution is -2.23. The number of benzene rings is 1. The van der Waals surface area contributed by atoms with Gasteiger partial charge >= 0.3 is 0 Å². The van der Waals surface area contributed by atoms with Gasteiger partial charge in [0.15, 0.2) is 0 Å². The van der Waals surface area contributed by atoms with E-state index in [-0.39, 0.29) is 11.9 Å². The van der Waals surface area contributed by atoms with Gasteiger partial charge in [0.1, 0.15) is 6.04 Å². The average Bonchev–Trinajstić information content (AvgIpc) is 3.00. The van der Waals surface area contributed by atoms with Crippen LogP contribution in [0.5, 0.6) is 0 Å². The van der Waals surface area contributed by atoms with Gasteiger partial charge in [0, 0.05) is 28.9 Å². The largest absolute Gasteiger partial charge is 0.369 e. The Morgan fingerprint density at radius 2 is 2.29 bits per heavy atom. The van der Waals surface area contributed by atoms with Crippen LogP contribution in [0.15, 0.2) is 23.7 Å². The lowest BCUT2D eigenvalue weighted by molar-refractivity contribution is -0.117. The van der Waals surface area contributed by atoms with Gasteiger partial charge in [0.25, 0.3) is 0 Å². The number of thiazole rings is 1. The summed E-state index contributed by atoms with van der Waals surface area (Å²) in [5, 5.41) is 5.96. The number of nitrogens with one attached hydrogen (secondary N) is 2. The predicted octanol–water partition coefficient (Wildman–Crippen LogP) is 2.30. The fourth-order valence-corrected chi connectivity index (χ4v) is 3.39. The molecule has 0 aliphatic carbocycles. The molecule has 6 heteroatoms. The molecule has 5 nitrogen and oxygen atoms in total. The molecule has 1 amide bonds. The highest BCUT2D eigenvalue weighted by Crippen LogP contribution is 2.34. The second-order valence-electron chi connectivity index (χ2n) is 5.20. The maximum Gasteiger partial charge on any atom is 0.246 e. The molecule has 3 rings (SSSR count). The van der Waals surface area contributed by atoms with Gasteiger partial charge in [0.2, 0.25) is 5.91 Å². The van der Waals surface area contributed by atoms with E-state index in [9.17, 15) is 4.79 Å². The minimum Gasteiger partial charge on any atom is -0.369 e. The standard InChI is InChI=1S/C15H18N4OS/c1-9-13(21-8-17-9)7-19(3)10-4-5-11-12(6-10)18-15(20)14(11)16-2/h4-6,8,14,16H,7H2,1-3H3,(H,18,20). The number of aromatic nitrogens is 1. The van der Waals surface area contributed by atoms with Gasteiger partial charge in [-0.2, -0.15) is 0 Å². The summed E-state index contributed by atoms with van der Waals surface area (Å²) < 4.78 is 0. The van der Waals surface area contributed by atoms with Crippen LogP contribution in [0.3, 0.4) is 0 Å². The van der Waals surface area contributed by atoms with E-state index < -0.39 is 0 Å². The molecular weight excluding hydrogens is 284 g/mol. The monoisotopic (exact) mass is 302 g/mol. The van der Waals surface area contributed by atoms with E-state index in [4.69, 9.17) is 0 Å². The summed E-state index contributed by atoms with van der Waals surface area (Å²) in [6.07, 6.45) is 0. The van der Waals surface area contributed by atoms with Crippen LogP contribution in [-0.4, -0.2) is 25.0 Å². The highest BCUT2D eigenvalue weighted by Gasteiger charge is 2.29. The summed E-state index contributed by atoms with van der Waals surface area (Å²) in [6.45, 7) is 2.85. The molecule has 0 saturated heterocycles. The normalized spacial score (nSPS) is 16.7. The first kappa shape index (κ1) is 14.0. The van der Waals surface area contributed by atoms with Crippen LogP contribution < -0.4 is 15.5 Å². The fourth-order valence-electron chi connectivity index (χ4n) is 2.56. The number of rotatable bonds is 4. The molecule has 0 spiro atoms. The van der Waals surface area contributed by atoms with Crippen molar-refractivity contribution in [2.24, 2.45) is 0 Å². The molecule has 1 unspecified atom stereocenters. The molecule has 2 heterocycles. The van der Waals surface area contributed by atoms with Crippen LogP contribution in [-0.2, 0) is 11.3 Å². The van der Waals surface area contributed by atoms with E-state index in [0.29, 0.717) is 0 Å². The number of anilines is 2. The van der Waals surface area contributed by atoms with Gasteiger partial charge in [0.05, 0.1) is 17.7 Å². The third kappa shape index (κ3) is 2.52. The van der Waals surface area contributed by atoms with E-state index in [2.05, 4.69) is 26.6 Å². The number of carbonyl (C=O) groups excluding carboxylic acids is 1. The molecule has 1 aliphatic heterocycles. The highest BCUT2D eigenvalue weighted by molar-refractivity contribution is 7.09. The average molecular weight is 302 g/mol. The number of hydrogen-bond acceptors (Lipinski definition) is 5. The zero-order chi connectivity index (χ0) is 15.0. The molecule has 110 valence electrons. The quantitative estimate of drug-likeness (QED) is 0.910. The molecule has 1 aliphatic rings. The van der Waals surface area contributed by atoms with Crippen molar-refractivity contribution in [2.45, 2.75) is 19.5 Å². The van der Waals surface area contributed by atoms with Crippen LogP contribution in [0.1, 0.15) is 22.2 Å². The van der Waals surface area contributed by atoms with Gasteiger partial charge in [-0.1, -0.05) is 6.07 Å². The van der Waals surface area contributed by atoms with Gasteiger partial charge in [-0.25, -0.2) is 4.98 Å². The van der Waals surface area contributed by atoms with E-state index in [1.54, 1.807) is 18.4 Å². The van der Waals surface area contributed by atoms with E-state index in [1.165, 1.54) is 4.88 Å². The summed E-state index contributed by atoms with van der Waals surface area (Å²) in [7, 11) is 3.85. The molecule has 0 radical (unpaired) electrons. The molecule has 1 atom stereocenters. The molecule has 2 aromatic rings. The van der Waals surface area contributed by atoms with Crippen LogP contribution in [0.4, 0.5) is 11.4 Å². The topological polar surface area (TPSA) is 57.3 Å². The van der Waals surface area contributed by atoms with Crippen LogP contribution in [0, 0.1) is 6.92 Å². The van der Waals surface area contributed by atoms with Crippen molar-refractivity contribution >= 4 is 28.6 Å². The second-order valence-corrected chi connectivity index (χ2v) is 6.14. The van der Waals surface area contributed by atoms with Crippen LogP contribution in [0.2, 0.25) is 0 Å². The van der Waals surface area contributed by atoms with Crippen molar-refractivity contribution in [2.75, 3.05) is 24.3 Å². The molecular formula is C15H18N4OS. The minimum atomic E-state index is -0.247. The summed E-state index contributed by atoms with van der Waals surface area (Å²) in [4.78, 5) is 19.6. The Morgan fingerprint density at radius 3 is 2.95 bits per heavy atom. The van der Waals surface area contributed by atoms with Crippen molar-refractivity contribution in [1.29, 1.82) is 0 Å². The van der Waals surface area contributed by atoms with Crippen molar-refractivity contribution in [1.82, 2.24) is 10.3 Å². The molecule has 1 aromatic carbocycles. The Bertz CT molecular complexity index is 682. The molecule has 21 heavy (non-hydrogen) atoms. The molecule has 0 bridgehead atoms. The first-order valence-corrected chi connectivity index (χ1v) is 7.70. The minimum absolute atomic E-state index is 0.00519. The molecule has 0 saturated carbocycles. The Kier molecular flexibility index (Phi) is 3.65. The number of hydrogen-bond donors (Lipinski definition) is 2. The number of nitrogens with zero attached hydrogens (tertiary/aromatic N) is 2. The van der Waals surface area contributed by atoms with E-state index in [1.807, 2.05) is 31.6 Å². The van der Waals surface area contributed by atoms with Crippen molar-refractivity contribution < 1.29 is 4.79 Å². The van der Waals surface area contributed by atoms with Gasteiger partial charge in [-0.3, -0.25) is 4.79 Å². The number of aryl methyl sites for hydroxylation is 1. The van der Waals surface area contributed by atoms with Crippen molar-refractivity contribution in [3.63, 3.8) is 0 Å². The Balaban J connectivity index is 1.83. The number of carbonyl (C=O) groups is 1. The Morgan fingerprint density at radius 1 is 1.48 bits per heavy atom. The Hall–Kier alpha value is -1.92. The summed E-state index contributed by atoms with van der Waals surface area (Å²) in [5.74, 6) is 0.00519. The first-order valence-electron chi connectivity index (χ1n) is 6.82. The summed E-state index contributed by atoms with van der Waals surface area (Å²) in [5.41, 5.74) is 5.94. The third-order valence-corrected chi connectivity index (χ3v) is 4.74. The summed E-state index contributed by atoms with van der Waals surface area (Å²) in [6, 6.07) is 5.85.